The Hall–Kier alpha value is -2.63. The largest absolute Gasteiger partial charge is 0.491 e. The molecule has 0 aliphatic heterocycles. The van der Waals surface area contributed by atoms with Gasteiger partial charge in [-0.05, 0) is 50.2 Å². The van der Waals surface area contributed by atoms with E-state index in [4.69, 9.17) is 15.5 Å². The molecule has 4 nitrogen and oxygen atoms in total. The Morgan fingerprint density at radius 2 is 1.78 bits per heavy atom. The number of nitrogens with two attached hydrogens (primary N) is 1. The van der Waals surface area contributed by atoms with Crippen LogP contribution >= 0.6 is 11.3 Å². The van der Waals surface area contributed by atoms with Gasteiger partial charge < -0.3 is 10.5 Å². The van der Waals surface area contributed by atoms with Gasteiger partial charge in [0.1, 0.15) is 5.75 Å². The zero-order valence-corrected chi connectivity index (χ0v) is 16.4. The van der Waals surface area contributed by atoms with E-state index in [9.17, 15) is 0 Å². The number of benzene rings is 2. The van der Waals surface area contributed by atoms with Crippen LogP contribution in [0.3, 0.4) is 0 Å². The van der Waals surface area contributed by atoms with E-state index in [1.165, 1.54) is 5.56 Å². The standard InChI is InChI=1S/C22H23N3OS/c1-15(2)26-18-10-8-17(9-11-18)21-19(12-13-23)25-20(14-27-22(25)24-21)16-6-4-3-5-7-16/h3-11,14-15H,12-13,23H2,1-2H3. The highest BCUT2D eigenvalue weighted by Crippen LogP contribution is 2.33. The molecule has 2 N–H and O–H groups in total. The normalized spacial score (nSPS) is 11.4. The fourth-order valence-corrected chi connectivity index (χ4v) is 4.20. The van der Waals surface area contributed by atoms with E-state index in [2.05, 4.69) is 46.2 Å². The number of hydrogen-bond acceptors (Lipinski definition) is 4. The summed E-state index contributed by atoms with van der Waals surface area (Å²) in [5.74, 6) is 0.875. The smallest absolute Gasteiger partial charge is 0.194 e. The number of rotatable bonds is 6. The van der Waals surface area contributed by atoms with E-state index in [1.54, 1.807) is 11.3 Å². The van der Waals surface area contributed by atoms with Gasteiger partial charge in [-0.2, -0.15) is 0 Å². The molecule has 0 radical (unpaired) electrons. The fourth-order valence-electron chi connectivity index (χ4n) is 3.29. The topological polar surface area (TPSA) is 52.5 Å². The molecule has 5 heteroatoms. The van der Waals surface area contributed by atoms with Gasteiger partial charge in [0.05, 0.1) is 23.2 Å². The number of thiazole rings is 1. The Kier molecular flexibility index (Phi) is 4.97. The monoisotopic (exact) mass is 377 g/mol. The predicted molar refractivity (Wildman–Crippen MR) is 112 cm³/mol. The minimum Gasteiger partial charge on any atom is -0.491 e. The van der Waals surface area contributed by atoms with Crippen LogP contribution in [0.2, 0.25) is 0 Å². The molecule has 0 saturated heterocycles. The van der Waals surface area contributed by atoms with Gasteiger partial charge in [0.2, 0.25) is 0 Å². The SMILES string of the molecule is CC(C)Oc1ccc(-c2nc3scc(-c4ccccc4)n3c2CCN)cc1. The summed E-state index contributed by atoms with van der Waals surface area (Å²) in [7, 11) is 0. The van der Waals surface area contributed by atoms with Gasteiger partial charge in [0.15, 0.2) is 4.96 Å². The van der Waals surface area contributed by atoms with E-state index < -0.39 is 0 Å². The highest BCUT2D eigenvalue weighted by molar-refractivity contribution is 7.15. The van der Waals surface area contributed by atoms with Crippen LogP contribution in [0.1, 0.15) is 19.5 Å². The molecule has 0 fully saturated rings. The molecule has 0 unspecified atom stereocenters. The van der Waals surface area contributed by atoms with Crippen molar-refractivity contribution < 1.29 is 4.74 Å². The van der Waals surface area contributed by atoms with Crippen molar-refractivity contribution in [3.8, 4) is 28.3 Å². The van der Waals surface area contributed by atoms with Crippen molar-refractivity contribution >= 4 is 16.3 Å². The van der Waals surface area contributed by atoms with Gasteiger partial charge in [-0.25, -0.2) is 4.98 Å². The number of aromatic nitrogens is 2. The molecule has 2 aromatic heterocycles. The van der Waals surface area contributed by atoms with Gasteiger partial charge in [-0.3, -0.25) is 4.40 Å². The van der Waals surface area contributed by atoms with Crippen molar-refractivity contribution in [2.75, 3.05) is 6.54 Å². The highest BCUT2D eigenvalue weighted by atomic mass is 32.1. The molecule has 0 aliphatic rings. The Labute approximate surface area is 163 Å². The summed E-state index contributed by atoms with van der Waals surface area (Å²) in [6.07, 6.45) is 0.937. The molecular formula is C22H23N3OS. The molecule has 0 saturated carbocycles. The van der Waals surface area contributed by atoms with Gasteiger partial charge >= 0.3 is 0 Å². The maximum atomic E-state index is 5.94. The Balaban J connectivity index is 1.81. The van der Waals surface area contributed by atoms with Crippen molar-refractivity contribution in [3.05, 3.63) is 65.7 Å². The summed E-state index contributed by atoms with van der Waals surface area (Å²) in [4.78, 5) is 5.92. The predicted octanol–water partition coefficient (Wildman–Crippen LogP) is 5.02. The lowest BCUT2D eigenvalue weighted by Gasteiger charge is -2.10. The van der Waals surface area contributed by atoms with Crippen molar-refractivity contribution in [2.24, 2.45) is 5.73 Å². The summed E-state index contributed by atoms with van der Waals surface area (Å²) in [6.45, 7) is 4.64. The minimum absolute atomic E-state index is 0.162. The van der Waals surface area contributed by atoms with Crippen molar-refractivity contribution in [3.63, 3.8) is 0 Å². The van der Waals surface area contributed by atoms with Crippen LogP contribution < -0.4 is 10.5 Å². The van der Waals surface area contributed by atoms with Gasteiger partial charge in [0, 0.05) is 17.4 Å². The van der Waals surface area contributed by atoms with Crippen LogP contribution in [-0.2, 0) is 6.42 Å². The quantitative estimate of drug-likeness (QED) is 0.513. The van der Waals surface area contributed by atoms with E-state index >= 15 is 0 Å². The van der Waals surface area contributed by atoms with Crippen molar-refractivity contribution in [1.82, 2.24) is 9.38 Å². The van der Waals surface area contributed by atoms with E-state index in [0.717, 1.165) is 39.8 Å². The summed E-state index contributed by atoms with van der Waals surface area (Å²) in [6, 6.07) is 18.6. The lowest BCUT2D eigenvalue weighted by molar-refractivity contribution is 0.242. The molecule has 0 atom stereocenters. The molecule has 0 bridgehead atoms. The van der Waals surface area contributed by atoms with Crippen LogP contribution in [-0.4, -0.2) is 22.0 Å². The number of ether oxygens (including phenoxy) is 1. The third-order valence-corrected chi connectivity index (χ3v) is 5.23. The van der Waals surface area contributed by atoms with E-state index in [1.807, 2.05) is 32.0 Å². The molecule has 4 aromatic rings. The van der Waals surface area contributed by atoms with Crippen LogP contribution in [0, 0.1) is 0 Å². The third kappa shape index (κ3) is 3.48. The van der Waals surface area contributed by atoms with Gasteiger partial charge in [-0.15, -0.1) is 11.3 Å². The molecule has 0 amide bonds. The second kappa shape index (κ2) is 7.55. The molecule has 2 aromatic carbocycles. The lowest BCUT2D eigenvalue weighted by atomic mass is 10.1. The molecule has 4 rings (SSSR count). The highest BCUT2D eigenvalue weighted by Gasteiger charge is 2.18. The average Bonchev–Trinajstić information content (AvgIpc) is 3.23. The summed E-state index contributed by atoms with van der Waals surface area (Å²) in [5, 5.41) is 2.17. The zero-order valence-electron chi connectivity index (χ0n) is 15.6. The van der Waals surface area contributed by atoms with Crippen molar-refractivity contribution in [1.29, 1.82) is 0 Å². The molecular weight excluding hydrogens is 354 g/mol. The second-order valence-corrected chi connectivity index (χ2v) is 7.58. The summed E-state index contributed by atoms with van der Waals surface area (Å²) in [5.41, 5.74) is 11.5. The Bertz CT molecular complexity index is 1030. The van der Waals surface area contributed by atoms with Crippen LogP contribution in [0.5, 0.6) is 5.75 Å². The first-order valence-corrected chi connectivity index (χ1v) is 10.1. The molecule has 138 valence electrons. The zero-order chi connectivity index (χ0) is 18.8. The van der Waals surface area contributed by atoms with E-state index in [0.29, 0.717) is 6.54 Å². The molecule has 0 aliphatic carbocycles. The maximum absolute atomic E-state index is 5.94. The number of imidazole rings is 1. The maximum Gasteiger partial charge on any atom is 0.194 e. The first kappa shape index (κ1) is 17.8. The summed E-state index contributed by atoms with van der Waals surface area (Å²) >= 11 is 1.66. The van der Waals surface area contributed by atoms with Gasteiger partial charge in [0.25, 0.3) is 0 Å². The first-order valence-electron chi connectivity index (χ1n) is 9.18. The summed E-state index contributed by atoms with van der Waals surface area (Å²) < 4.78 is 8.01. The third-order valence-electron chi connectivity index (χ3n) is 4.41. The molecule has 0 spiro atoms. The number of hydrogen-bond donors (Lipinski definition) is 1. The lowest BCUT2D eigenvalue weighted by Crippen LogP contribution is -2.07. The fraction of sp³-hybridized carbons (Fsp3) is 0.227. The van der Waals surface area contributed by atoms with Gasteiger partial charge in [-0.1, -0.05) is 30.3 Å². The molecule has 2 heterocycles. The Morgan fingerprint density at radius 1 is 1.04 bits per heavy atom. The van der Waals surface area contributed by atoms with Crippen LogP contribution in [0.25, 0.3) is 27.5 Å². The van der Waals surface area contributed by atoms with Crippen LogP contribution in [0.4, 0.5) is 0 Å². The number of fused-ring (bicyclic) bond motifs is 1. The minimum atomic E-state index is 0.162. The second-order valence-electron chi connectivity index (χ2n) is 6.74. The van der Waals surface area contributed by atoms with Crippen molar-refractivity contribution in [2.45, 2.75) is 26.4 Å². The number of nitrogens with zero attached hydrogens (tertiary/aromatic N) is 2. The molecule has 27 heavy (non-hydrogen) atoms. The average molecular weight is 378 g/mol. The Morgan fingerprint density at radius 3 is 2.44 bits per heavy atom. The van der Waals surface area contributed by atoms with E-state index in [-0.39, 0.29) is 6.10 Å². The van der Waals surface area contributed by atoms with Crippen LogP contribution in [0.15, 0.2) is 60.0 Å². The first-order chi connectivity index (χ1) is 13.2.